The third-order valence-electron chi connectivity index (χ3n) is 5.96. The minimum atomic E-state index is -0.402. The van der Waals surface area contributed by atoms with E-state index in [1.807, 2.05) is 6.07 Å². The molecule has 0 bridgehead atoms. The van der Waals surface area contributed by atoms with Crippen molar-refractivity contribution >= 4 is 44.9 Å². The van der Waals surface area contributed by atoms with Crippen LogP contribution >= 0.6 is 11.3 Å². The Balaban J connectivity index is 1.72. The van der Waals surface area contributed by atoms with Gasteiger partial charge in [-0.15, -0.1) is 11.3 Å². The third kappa shape index (κ3) is 2.69. The van der Waals surface area contributed by atoms with Gasteiger partial charge >= 0.3 is 7.12 Å². The van der Waals surface area contributed by atoms with E-state index in [-0.39, 0.29) is 11.2 Å². The maximum Gasteiger partial charge on any atom is 0.495 e. The summed E-state index contributed by atoms with van der Waals surface area (Å²) in [7, 11) is -0.402. The zero-order valence-electron chi connectivity index (χ0n) is 16.5. The molecule has 1 saturated heterocycles. The first kappa shape index (κ1) is 17.9. The van der Waals surface area contributed by atoms with Crippen LogP contribution in [0.3, 0.4) is 0 Å². The van der Waals surface area contributed by atoms with Crippen molar-refractivity contribution < 1.29 is 9.31 Å². The van der Waals surface area contributed by atoms with Gasteiger partial charge < -0.3 is 9.31 Å². The molecule has 5 rings (SSSR count). The average molecular weight is 387 g/mol. The Morgan fingerprint density at radius 1 is 0.821 bits per heavy atom. The molecule has 0 unspecified atom stereocenters. The molecule has 5 heteroatoms. The van der Waals surface area contributed by atoms with Crippen LogP contribution in [0.15, 0.2) is 60.7 Å². The largest absolute Gasteiger partial charge is 0.495 e. The second kappa shape index (κ2) is 6.15. The molecule has 2 heterocycles. The van der Waals surface area contributed by atoms with Crippen LogP contribution in [0.5, 0.6) is 0 Å². The molecule has 1 aliphatic heterocycles. The first-order valence-electron chi connectivity index (χ1n) is 9.59. The van der Waals surface area contributed by atoms with Gasteiger partial charge in [-0.2, -0.15) is 0 Å². The van der Waals surface area contributed by atoms with Gasteiger partial charge in [0.05, 0.1) is 21.4 Å². The molecule has 28 heavy (non-hydrogen) atoms. The number of nitrogens with zero attached hydrogens (tertiary/aromatic N) is 1. The lowest BCUT2D eigenvalue weighted by Crippen LogP contribution is -2.41. The summed E-state index contributed by atoms with van der Waals surface area (Å²) in [6.07, 6.45) is 0. The quantitative estimate of drug-likeness (QED) is 0.431. The molecule has 1 fully saturated rings. The zero-order chi connectivity index (χ0) is 19.5. The molecule has 140 valence electrons. The van der Waals surface area contributed by atoms with Crippen LogP contribution in [-0.4, -0.2) is 23.3 Å². The number of fused-ring (bicyclic) bond motifs is 3. The first-order chi connectivity index (χ1) is 13.4. The van der Waals surface area contributed by atoms with Gasteiger partial charge in [-0.05, 0) is 44.6 Å². The molecule has 3 nitrogen and oxygen atoms in total. The second-order valence-corrected chi connectivity index (χ2v) is 9.33. The Labute approximate surface area is 169 Å². The van der Waals surface area contributed by atoms with Gasteiger partial charge in [0, 0.05) is 10.9 Å². The highest BCUT2D eigenvalue weighted by Gasteiger charge is 2.52. The van der Waals surface area contributed by atoms with Crippen LogP contribution in [0.1, 0.15) is 27.7 Å². The van der Waals surface area contributed by atoms with Gasteiger partial charge in [0.1, 0.15) is 5.01 Å². The van der Waals surface area contributed by atoms with Crippen LogP contribution in [-0.2, 0) is 9.31 Å². The van der Waals surface area contributed by atoms with E-state index in [1.165, 1.54) is 10.1 Å². The molecule has 0 atom stereocenters. The summed E-state index contributed by atoms with van der Waals surface area (Å²) < 4.78 is 13.9. The molecule has 0 amide bonds. The van der Waals surface area contributed by atoms with Crippen molar-refractivity contribution in [1.29, 1.82) is 0 Å². The Kier molecular flexibility index (Phi) is 3.92. The first-order valence-corrected chi connectivity index (χ1v) is 10.4. The van der Waals surface area contributed by atoms with Gasteiger partial charge in [0.2, 0.25) is 0 Å². The van der Waals surface area contributed by atoms with E-state index in [0.29, 0.717) is 0 Å². The normalized spacial score (nSPS) is 18.2. The number of benzene rings is 3. The van der Waals surface area contributed by atoms with Gasteiger partial charge in [0.25, 0.3) is 0 Å². The Hall–Kier alpha value is -2.21. The maximum atomic E-state index is 6.35. The van der Waals surface area contributed by atoms with E-state index in [2.05, 4.69) is 82.3 Å². The average Bonchev–Trinajstić information content (AvgIpc) is 3.20. The van der Waals surface area contributed by atoms with Crippen LogP contribution < -0.4 is 5.46 Å². The fourth-order valence-electron chi connectivity index (χ4n) is 3.65. The summed E-state index contributed by atoms with van der Waals surface area (Å²) in [6.45, 7) is 8.35. The van der Waals surface area contributed by atoms with E-state index >= 15 is 0 Å². The van der Waals surface area contributed by atoms with Crippen molar-refractivity contribution in [3.63, 3.8) is 0 Å². The van der Waals surface area contributed by atoms with Crippen molar-refractivity contribution in [2.24, 2.45) is 0 Å². The molecular weight excluding hydrogens is 365 g/mol. The number of hydrogen-bond acceptors (Lipinski definition) is 4. The SMILES string of the molecule is CC1(C)OB(c2cc3nc(-c4ccccc4)sc3c3ccccc23)OC1(C)C. The molecule has 0 aliphatic carbocycles. The Bertz CT molecular complexity index is 1170. The summed E-state index contributed by atoms with van der Waals surface area (Å²) in [4.78, 5) is 4.95. The van der Waals surface area contributed by atoms with Crippen LogP contribution in [0.2, 0.25) is 0 Å². The summed E-state index contributed by atoms with van der Waals surface area (Å²) in [5.74, 6) is 0. The number of thiazole rings is 1. The third-order valence-corrected chi connectivity index (χ3v) is 7.11. The van der Waals surface area contributed by atoms with Crippen molar-refractivity contribution in [2.45, 2.75) is 38.9 Å². The summed E-state index contributed by atoms with van der Waals surface area (Å²) >= 11 is 1.74. The molecule has 3 aromatic carbocycles. The number of rotatable bonds is 2. The van der Waals surface area contributed by atoms with E-state index in [0.717, 1.165) is 26.9 Å². The molecule has 4 aromatic rings. The minimum absolute atomic E-state index is 0.370. The predicted octanol–water partition coefficient (Wildman–Crippen LogP) is 5.42. The highest BCUT2D eigenvalue weighted by atomic mass is 32.1. The smallest absolute Gasteiger partial charge is 0.399 e. The number of hydrogen-bond donors (Lipinski definition) is 0. The lowest BCUT2D eigenvalue weighted by molar-refractivity contribution is 0.00578. The lowest BCUT2D eigenvalue weighted by Gasteiger charge is -2.32. The molecule has 0 saturated carbocycles. The zero-order valence-corrected chi connectivity index (χ0v) is 17.3. The van der Waals surface area contributed by atoms with Crippen molar-refractivity contribution in [2.75, 3.05) is 0 Å². The highest BCUT2D eigenvalue weighted by Crippen LogP contribution is 2.39. The molecule has 1 aliphatic rings. The standard InChI is InChI=1S/C23H22BNO2S/c1-22(2)23(3,4)27-24(26-22)18-14-19-20(17-13-9-8-12-16(17)18)28-21(25-19)15-10-6-5-7-11-15/h5-14H,1-4H3. The van der Waals surface area contributed by atoms with Crippen molar-refractivity contribution in [3.8, 4) is 10.6 Å². The molecule has 0 spiro atoms. The van der Waals surface area contributed by atoms with E-state index < -0.39 is 7.12 Å². The summed E-state index contributed by atoms with van der Waals surface area (Å²) in [6, 6.07) is 21.0. The Morgan fingerprint density at radius 2 is 1.43 bits per heavy atom. The molecule has 0 N–H and O–H groups in total. The van der Waals surface area contributed by atoms with Gasteiger partial charge in [-0.1, -0.05) is 54.6 Å². The van der Waals surface area contributed by atoms with Crippen molar-refractivity contribution in [3.05, 3.63) is 60.7 Å². The second-order valence-electron chi connectivity index (χ2n) is 8.33. The molecular formula is C23H22BNO2S. The monoisotopic (exact) mass is 387 g/mol. The van der Waals surface area contributed by atoms with Gasteiger partial charge in [0.15, 0.2) is 0 Å². The maximum absolute atomic E-state index is 6.35. The van der Waals surface area contributed by atoms with E-state index in [4.69, 9.17) is 14.3 Å². The molecule has 0 radical (unpaired) electrons. The van der Waals surface area contributed by atoms with Crippen LogP contribution in [0.4, 0.5) is 0 Å². The fraction of sp³-hybridized carbons (Fsp3) is 0.261. The van der Waals surface area contributed by atoms with E-state index in [9.17, 15) is 0 Å². The molecule has 1 aromatic heterocycles. The van der Waals surface area contributed by atoms with Crippen LogP contribution in [0.25, 0.3) is 31.6 Å². The number of aromatic nitrogens is 1. The highest BCUT2D eigenvalue weighted by molar-refractivity contribution is 7.22. The van der Waals surface area contributed by atoms with Gasteiger partial charge in [-0.3, -0.25) is 0 Å². The van der Waals surface area contributed by atoms with E-state index in [1.54, 1.807) is 11.3 Å². The predicted molar refractivity (Wildman–Crippen MR) is 118 cm³/mol. The fourth-order valence-corrected chi connectivity index (χ4v) is 4.74. The minimum Gasteiger partial charge on any atom is -0.399 e. The van der Waals surface area contributed by atoms with Crippen molar-refractivity contribution in [1.82, 2.24) is 4.98 Å². The Morgan fingerprint density at radius 3 is 2.11 bits per heavy atom. The van der Waals surface area contributed by atoms with Crippen LogP contribution in [0, 0.1) is 0 Å². The lowest BCUT2D eigenvalue weighted by atomic mass is 9.76. The topological polar surface area (TPSA) is 31.4 Å². The van der Waals surface area contributed by atoms with Gasteiger partial charge in [-0.25, -0.2) is 4.98 Å². The summed E-state index contributed by atoms with van der Waals surface area (Å²) in [5, 5.41) is 3.40. The summed E-state index contributed by atoms with van der Waals surface area (Å²) in [5.41, 5.74) is 2.44.